The summed E-state index contributed by atoms with van der Waals surface area (Å²) in [7, 11) is 0. The lowest BCUT2D eigenvalue weighted by Crippen LogP contribution is -2.43. The van der Waals surface area contributed by atoms with E-state index in [1.807, 2.05) is 6.07 Å². The highest BCUT2D eigenvalue weighted by atomic mass is 19.4. The average Bonchev–Trinajstić information content (AvgIpc) is 3.39. The summed E-state index contributed by atoms with van der Waals surface area (Å²) in [6, 6.07) is 12.1. The van der Waals surface area contributed by atoms with Gasteiger partial charge in [0.25, 0.3) is 0 Å². The Hall–Kier alpha value is -4.18. The van der Waals surface area contributed by atoms with Crippen molar-refractivity contribution in [3.63, 3.8) is 0 Å². The smallest absolute Gasteiger partial charge is 0.401 e. The first kappa shape index (κ1) is 26.9. The molecule has 3 aromatic rings. The van der Waals surface area contributed by atoms with Gasteiger partial charge in [0, 0.05) is 19.0 Å². The molecule has 2 aromatic carbocycles. The van der Waals surface area contributed by atoms with Gasteiger partial charge in [-0.2, -0.15) is 18.4 Å². The van der Waals surface area contributed by atoms with Crippen LogP contribution in [0.15, 0.2) is 48.5 Å². The molecule has 0 unspecified atom stereocenters. The summed E-state index contributed by atoms with van der Waals surface area (Å²) < 4.78 is 73.4. The molecule has 2 atom stereocenters. The zero-order chi connectivity index (χ0) is 27.4. The topological polar surface area (TPSA) is 95.2 Å². The summed E-state index contributed by atoms with van der Waals surface area (Å²) in [4.78, 5) is 14.2. The van der Waals surface area contributed by atoms with Crippen LogP contribution >= 0.6 is 0 Å². The molecule has 1 fully saturated rings. The second kappa shape index (κ2) is 11.1. The molecule has 0 radical (unpaired) electrons. The number of urea groups is 1. The van der Waals surface area contributed by atoms with E-state index in [4.69, 9.17) is 10.00 Å². The van der Waals surface area contributed by atoms with Crippen LogP contribution in [0.4, 0.5) is 32.6 Å². The molecule has 0 aliphatic carbocycles. The van der Waals surface area contributed by atoms with E-state index in [0.717, 1.165) is 17.0 Å². The lowest BCUT2D eigenvalue weighted by molar-refractivity contribution is -0.143. The van der Waals surface area contributed by atoms with Crippen molar-refractivity contribution in [2.45, 2.75) is 25.1 Å². The third-order valence-electron chi connectivity index (χ3n) is 6.07. The lowest BCUT2D eigenvalue weighted by Gasteiger charge is -2.21. The van der Waals surface area contributed by atoms with Gasteiger partial charge in [-0.15, -0.1) is 5.10 Å². The standard InChI is InChI=1S/C25H23F5N6O2/c1-15-22(36(17-5-3-2-4-6-17)34-23(15)38-10-9-31)33-24(37)32-21-13-35(14-25(28,29)30)12-18(21)16-7-8-19(26)20(27)11-16/h2-8,11,18,21H,10,12-14H2,1H3,(H2,32,33,37)/t18-,21+/m0/s1. The number of alkyl halides is 3. The van der Waals surface area contributed by atoms with Gasteiger partial charge in [-0.1, -0.05) is 24.3 Å². The molecule has 2 amide bonds. The summed E-state index contributed by atoms with van der Waals surface area (Å²) in [6.07, 6.45) is -4.48. The Morgan fingerprint density at radius 1 is 1.16 bits per heavy atom. The zero-order valence-electron chi connectivity index (χ0n) is 20.1. The van der Waals surface area contributed by atoms with Crippen LogP contribution < -0.4 is 15.4 Å². The van der Waals surface area contributed by atoms with E-state index in [-0.39, 0.29) is 37.0 Å². The van der Waals surface area contributed by atoms with Crippen molar-refractivity contribution in [3.05, 3.63) is 71.3 Å². The number of para-hydroxylation sites is 1. The van der Waals surface area contributed by atoms with Gasteiger partial charge >= 0.3 is 12.2 Å². The molecule has 1 aromatic heterocycles. The molecule has 13 heteroatoms. The second-order valence-electron chi connectivity index (χ2n) is 8.77. The summed E-state index contributed by atoms with van der Waals surface area (Å²) in [6.45, 7) is -0.149. The van der Waals surface area contributed by atoms with Crippen LogP contribution in [0.1, 0.15) is 17.0 Å². The largest absolute Gasteiger partial charge is 0.461 e. The summed E-state index contributed by atoms with van der Waals surface area (Å²) in [5.74, 6) is -2.61. The number of anilines is 1. The van der Waals surface area contributed by atoms with Gasteiger partial charge in [-0.3, -0.25) is 10.2 Å². The predicted octanol–water partition coefficient (Wildman–Crippen LogP) is 4.51. The van der Waals surface area contributed by atoms with E-state index in [2.05, 4.69) is 15.7 Å². The first-order chi connectivity index (χ1) is 18.1. The highest BCUT2D eigenvalue weighted by Crippen LogP contribution is 2.32. The zero-order valence-corrected chi connectivity index (χ0v) is 20.1. The number of hydrogen-bond donors (Lipinski definition) is 2. The Bertz CT molecular complexity index is 1340. The molecule has 4 rings (SSSR count). The molecule has 0 spiro atoms. The van der Waals surface area contributed by atoms with Crippen LogP contribution in [-0.2, 0) is 0 Å². The number of benzene rings is 2. The number of ether oxygens (including phenoxy) is 1. The number of aromatic nitrogens is 2. The Morgan fingerprint density at radius 3 is 2.55 bits per heavy atom. The van der Waals surface area contributed by atoms with Crippen LogP contribution in [0.3, 0.4) is 0 Å². The quantitative estimate of drug-likeness (QED) is 0.435. The fourth-order valence-corrected chi connectivity index (χ4v) is 4.42. The first-order valence-electron chi connectivity index (χ1n) is 11.5. The van der Waals surface area contributed by atoms with Crippen molar-refractivity contribution >= 4 is 11.8 Å². The van der Waals surface area contributed by atoms with E-state index in [9.17, 15) is 26.7 Å². The number of amides is 2. The number of nitrogens with one attached hydrogen (secondary N) is 2. The first-order valence-corrected chi connectivity index (χ1v) is 11.5. The fourth-order valence-electron chi connectivity index (χ4n) is 4.42. The molecule has 8 nitrogen and oxygen atoms in total. The molecule has 1 aliphatic heterocycles. The van der Waals surface area contributed by atoms with E-state index < -0.39 is 42.3 Å². The van der Waals surface area contributed by atoms with Crippen molar-refractivity contribution in [2.75, 3.05) is 31.6 Å². The van der Waals surface area contributed by atoms with Crippen molar-refractivity contribution < 1.29 is 31.5 Å². The van der Waals surface area contributed by atoms with Crippen LogP contribution in [0.25, 0.3) is 5.69 Å². The number of carbonyl (C=O) groups is 1. The Labute approximate surface area is 214 Å². The summed E-state index contributed by atoms with van der Waals surface area (Å²) in [5.41, 5.74) is 1.26. The Kier molecular flexibility index (Phi) is 7.82. The van der Waals surface area contributed by atoms with Gasteiger partial charge in [0.1, 0.15) is 11.9 Å². The number of rotatable bonds is 7. The highest BCUT2D eigenvalue weighted by Gasteiger charge is 2.40. The van der Waals surface area contributed by atoms with Crippen molar-refractivity contribution in [1.29, 1.82) is 5.26 Å². The molecule has 2 N–H and O–H groups in total. The number of likely N-dealkylation sites (tertiary alicyclic amines) is 1. The van der Waals surface area contributed by atoms with E-state index in [1.165, 1.54) is 10.7 Å². The monoisotopic (exact) mass is 534 g/mol. The van der Waals surface area contributed by atoms with Gasteiger partial charge in [0.15, 0.2) is 18.2 Å². The van der Waals surface area contributed by atoms with E-state index in [0.29, 0.717) is 11.3 Å². The molecular formula is C25H23F5N6O2. The van der Waals surface area contributed by atoms with Crippen LogP contribution in [0, 0.1) is 29.9 Å². The van der Waals surface area contributed by atoms with Crippen molar-refractivity contribution in [3.8, 4) is 17.6 Å². The van der Waals surface area contributed by atoms with Gasteiger partial charge in [0.2, 0.25) is 5.88 Å². The Balaban J connectivity index is 1.59. The fraction of sp³-hybridized carbons (Fsp3) is 0.320. The Morgan fingerprint density at radius 2 is 1.89 bits per heavy atom. The second-order valence-corrected chi connectivity index (χ2v) is 8.77. The maximum absolute atomic E-state index is 13.9. The number of nitrogens with zero attached hydrogens (tertiary/aromatic N) is 4. The molecule has 38 heavy (non-hydrogen) atoms. The predicted molar refractivity (Wildman–Crippen MR) is 127 cm³/mol. The minimum atomic E-state index is -4.48. The summed E-state index contributed by atoms with van der Waals surface area (Å²) >= 11 is 0. The maximum atomic E-state index is 13.9. The minimum absolute atomic E-state index is 0.114. The van der Waals surface area contributed by atoms with E-state index in [1.54, 1.807) is 37.3 Å². The average molecular weight is 534 g/mol. The normalized spacial score (nSPS) is 17.7. The molecule has 2 heterocycles. The molecule has 1 aliphatic rings. The minimum Gasteiger partial charge on any atom is -0.461 e. The molecule has 1 saturated heterocycles. The molecular weight excluding hydrogens is 511 g/mol. The van der Waals surface area contributed by atoms with Crippen molar-refractivity contribution in [2.24, 2.45) is 0 Å². The highest BCUT2D eigenvalue weighted by molar-refractivity contribution is 5.90. The van der Waals surface area contributed by atoms with Gasteiger partial charge in [-0.05, 0) is 36.8 Å². The van der Waals surface area contributed by atoms with Gasteiger partial charge < -0.3 is 10.1 Å². The van der Waals surface area contributed by atoms with Crippen LogP contribution in [0.5, 0.6) is 5.88 Å². The SMILES string of the molecule is Cc1c(OCC#N)nn(-c2ccccc2)c1NC(=O)N[C@@H]1CN(CC(F)(F)F)C[C@H]1c1ccc(F)c(F)c1. The van der Waals surface area contributed by atoms with E-state index >= 15 is 0 Å². The van der Waals surface area contributed by atoms with Crippen LogP contribution in [0.2, 0.25) is 0 Å². The van der Waals surface area contributed by atoms with Gasteiger partial charge in [-0.25, -0.2) is 18.3 Å². The number of carbonyl (C=O) groups excluding carboxylic acids is 1. The molecule has 0 bridgehead atoms. The van der Waals surface area contributed by atoms with Crippen molar-refractivity contribution in [1.82, 2.24) is 20.0 Å². The number of halogens is 5. The third-order valence-corrected chi connectivity index (χ3v) is 6.07. The third kappa shape index (κ3) is 6.20. The summed E-state index contributed by atoms with van der Waals surface area (Å²) in [5, 5.41) is 18.5. The molecule has 0 saturated carbocycles. The van der Waals surface area contributed by atoms with Gasteiger partial charge in [0.05, 0.1) is 23.8 Å². The van der Waals surface area contributed by atoms with Crippen LogP contribution in [-0.4, -0.2) is 59.2 Å². The number of hydrogen-bond acceptors (Lipinski definition) is 5. The number of nitriles is 1. The lowest BCUT2D eigenvalue weighted by atomic mass is 9.94. The molecule has 200 valence electrons. The maximum Gasteiger partial charge on any atom is 0.401 e.